The van der Waals surface area contributed by atoms with E-state index in [0.717, 1.165) is 15.9 Å². The van der Waals surface area contributed by atoms with Crippen molar-refractivity contribution in [3.63, 3.8) is 0 Å². The lowest BCUT2D eigenvalue weighted by atomic mass is 9.84. The van der Waals surface area contributed by atoms with Crippen molar-refractivity contribution >= 4 is 21.1 Å². The maximum Gasteiger partial charge on any atom is 0.416 e. The van der Waals surface area contributed by atoms with E-state index >= 15 is 0 Å². The van der Waals surface area contributed by atoms with E-state index in [0.29, 0.717) is 22.2 Å². The highest BCUT2D eigenvalue weighted by atomic mass is 32.2. The van der Waals surface area contributed by atoms with Crippen LogP contribution in [0.25, 0.3) is 11.0 Å². The van der Waals surface area contributed by atoms with Crippen molar-refractivity contribution in [1.29, 1.82) is 0 Å². The van der Waals surface area contributed by atoms with Crippen LogP contribution in [0.5, 0.6) is 5.75 Å². The number of para-hydroxylation sites is 1. The van der Waals surface area contributed by atoms with Crippen LogP contribution < -0.4 is 4.74 Å². The summed E-state index contributed by atoms with van der Waals surface area (Å²) in [5.74, 6) is -0.592. The fourth-order valence-electron chi connectivity index (χ4n) is 5.40. The van der Waals surface area contributed by atoms with Crippen LogP contribution in [-0.4, -0.2) is 56.9 Å². The lowest BCUT2D eigenvalue weighted by Crippen LogP contribution is -2.36. The van der Waals surface area contributed by atoms with E-state index in [1.807, 2.05) is 0 Å². The molecular weight excluding hydrogens is 561 g/mol. The van der Waals surface area contributed by atoms with Gasteiger partial charge in [-0.25, -0.2) is 13.1 Å². The molecule has 0 bridgehead atoms. The van der Waals surface area contributed by atoms with Crippen molar-refractivity contribution in [2.75, 3.05) is 6.54 Å². The molecule has 0 spiro atoms. The number of fused-ring (bicyclic) bond motifs is 2. The highest BCUT2D eigenvalue weighted by Crippen LogP contribution is 2.39. The van der Waals surface area contributed by atoms with E-state index in [1.54, 1.807) is 43.8 Å². The lowest BCUT2D eigenvalue weighted by molar-refractivity contribution is -0.138. The quantitative estimate of drug-likeness (QED) is 0.325. The molecule has 1 aliphatic rings. The zero-order valence-corrected chi connectivity index (χ0v) is 23.3. The highest BCUT2D eigenvalue weighted by molar-refractivity contribution is 7.89. The van der Waals surface area contributed by atoms with Gasteiger partial charge in [0.15, 0.2) is 6.29 Å². The fraction of sp³-hybridized carbons (Fsp3) is 0.357. The molecule has 13 heteroatoms. The molecule has 0 aliphatic carbocycles. The van der Waals surface area contributed by atoms with Gasteiger partial charge in [0.05, 0.1) is 17.6 Å². The summed E-state index contributed by atoms with van der Waals surface area (Å²) in [6.45, 7) is 2.70. The Morgan fingerprint density at radius 3 is 2.56 bits per heavy atom. The van der Waals surface area contributed by atoms with Crippen LogP contribution in [0.3, 0.4) is 0 Å². The van der Waals surface area contributed by atoms with Gasteiger partial charge in [-0.15, -0.1) is 5.10 Å². The summed E-state index contributed by atoms with van der Waals surface area (Å²) in [5, 5.41) is 28.1. The number of benzene rings is 3. The largest absolute Gasteiger partial charge is 0.488 e. The number of aliphatic hydroxyl groups is 2. The second-order valence-electron chi connectivity index (χ2n) is 10.2. The number of nitrogens with zero attached hydrogens (tertiary/aromatic N) is 4. The van der Waals surface area contributed by atoms with Gasteiger partial charge in [-0.3, -0.25) is 0 Å². The molecule has 9 nitrogen and oxygen atoms in total. The number of hydrogen-bond donors (Lipinski definition) is 2. The van der Waals surface area contributed by atoms with Gasteiger partial charge in [0, 0.05) is 25.9 Å². The van der Waals surface area contributed by atoms with Crippen LogP contribution in [0, 0.1) is 6.92 Å². The van der Waals surface area contributed by atoms with E-state index in [-0.39, 0.29) is 29.2 Å². The van der Waals surface area contributed by atoms with E-state index in [2.05, 4.69) is 10.3 Å². The zero-order valence-electron chi connectivity index (χ0n) is 22.5. The summed E-state index contributed by atoms with van der Waals surface area (Å²) >= 11 is 0. The number of ether oxygens (including phenoxy) is 1. The predicted molar refractivity (Wildman–Crippen MR) is 144 cm³/mol. The standard InChI is InChI=1S/C28H29F3N4O5S/c1-16-14-35(41(38,39)25-7-5-4-6-24(25)40-16)15-19-12-18(8-10-22(19)28(29,30)31)21(13-26(36)37)20-9-11-23-27(17(20)2)32-33-34(23)3/h4-12,16,21,26,36-37H,13-15H2,1-3H3/t16-,21?/m1/s1. The third-order valence-electron chi connectivity index (χ3n) is 7.34. The summed E-state index contributed by atoms with van der Waals surface area (Å²) < 4.78 is 78.1. The van der Waals surface area contributed by atoms with Crippen LogP contribution >= 0.6 is 0 Å². The third-order valence-corrected chi connectivity index (χ3v) is 9.19. The maximum absolute atomic E-state index is 14.2. The molecule has 5 rings (SSSR count). The van der Waals surface area contributed by atoms with E-state index in [1.165, 1.54) is 30.3 Å². The zero-order chi connectivity index (χ0) is 29.7. The van der Waals surface area contributed by atoms with Crippen molar-refractivity contribution in [3.8, 4) is 5.75 Å². The topological polar surface area (TPSA) is 118 Å². The van der Waals surface area contributed by atoms with Gasteiger partial charge in [-0.05, 0) is 60.4 Å². The van der Waals surface area contributed by atoms with Crippen molar-refractivity contribution in [3.05, 3.63) is 82.4 Å². The minimum Gasteiger partial charge on any atom is -0.488 e. The molecule has 0 saturated carbocycles. The molecule has 4 aromatic rings. The van der Waals surface area contributed by atoms with Crippen LogP contribution in [-0.2, 0) is 29.8 Å². The molecule has 2 N–H and O–H groups in total. The minimum atomic E-state index is -4.76. The number of sulfonamides is 1. The van der Waals surface area contributed by atoms with Crippen molar-refractivity contribution in [2.45, 2.75) is 56.2 Å². The normalized spacial score (nSPS) is 18.2. The van der Waals surface area contributed by atoms with Gasteiger partial charge in [-0.1, -0.05) is 35.5 Å². The van der Waals surface area contributed by atoms with Crippen LogP contribution in [0.1, 0.15) is 47.1 Å². The van der Waals surface area contributed by atoms with Gasteiger partial charge in [0.2, 0.25) is 10.0 Å². The van der Waals surface area contributed by atoms with E-state index < -0.39 is 46.6 Å². The molecule has 0 radical (unpaired) electrons. The average molecular weight is 591 g/mol. The molecule has 1 unspecified atom stereocenters. The molecule has 0 amide bonds. The molecule has 2 heterocycles. The van der Waals surface area contributed by atoms with Crippen LogP contribution in [0.4, 0.5) is 13.2 Å². The predicted octanol–water partition coefficient (Wildman–Crippen LogP) is 4.10. The molecule has 2 atom stereocenters. The van der Waals surface area contributed by atoms with E-state index in [4.69, 9.17) is 4.74 Å². The summed E-state index contributed by atoms with van der Waals surface area (Å²) in [5.41, 5.74) is 1.77. The van der Waals surface area contributed by atoms with Crippen LogP contribution in [0.15, 0.2) is 59.5 Å². The first-order valence-electron chi connectivity index (χ1n) is 12.9. The molecular formula is C28H29F3N4O5S. The number of aromatic nitrogens is 3. The molecule has 1 aliphatic heterocycles. The summed E-state index contributed by atoms with van der Waals surface area (Å²) in [6, 6.07) is 13.1. The Kier molecular flexibility index (Phi) is 7.57. The Bertz CT molecular complexity index is 1700. The smallest absolute Gasteiger partial charge is 0.416 e. The van der Waals surface area contributed by atoms with Gasteiger partial charge < -0.3 is 14.9 Å². The van der Waals surface area contributed by atoms with E-state index in [9.17, 15) is 31.8 Å². The number of aliphatic hydroxyl groups excluding tert-OH is 1. The number of rotatable bonds is 6. The Balaban J connectivity index is 1.63. The molecule has 41 heavy (non-hydrogen) atoms. The summed E-state index contributed by atoms with van der Waals surface area (Å²) in [7, 11) is -2.47. The number of aryl methyl sites for hydroxylation is 2. The monoisotopic (exact) mass is 590 g/mol. The number of hydrogen-bond acceptors (Lipinski definition) is 7. The molecule has 3 aromatic carbocycles. The second kappa shape index (κ2) is 10.7. The van der Waals surface area contributed by atoms with Crippen LogP contribution in [0.2, 0.25) is 0 Å². The second-order valence-corrected chi connectivity index (χ2v) is 12.1. The SMILES string of the molecule is Cc1c(C(CC(O)O)c2ccc(C(F)(F)F)c(CN3C[C@@H](C)Oc4ccccc4S3(=O)=O)c2)ccc2c1nnn2C. The fourth-order valence-corrected chi connectivity index (χ4v) is 7.01. The summed E-state index contributed by atoms with van der Waals surface area (Å²) in [6.07, 6.45) is -7.35. The lowest BCUT2D eigenvalue weighted by Gasteiger charge is -2.26. The van der Waals surface area contributed by atoms with Crippen molar-refractivity contribution < 1.29 is 36.5 Å². The third kappa shape index (κ3) is 5.54. The maximum atomic E-state index is 14.2. The Morgan fingerprint density at radius 1 is 1.12 bits per heavy atom. The van der Waals surface area contributed by atoms with Crippen molar-refractivity contribution in [2.24, 2.45) is 7.05 Å². The number of halogens is 3. The van der Waals surface area contributed by atoms with Gasteiger partial charge in [-0.2, -0.15) is 17.5 Å². The van der Waals surface area contributed by atoms with Crippen molar-refractivity contribution in [1.82, 2.24) is 19.3 Å². The first-order valence-corrected chi connectivity index (χ1v) is 14.3. The summed E-state index contributed by atoms with van der Waals surface area (Å²) in [4.78, 5) is -0.122. The Morgan fingerprint density at radius 2 is 1.85 bits per heavy atom. The van der Waals surface area contributed by atoms with Gasteiger partial charge in [0.1, 0.15) is 22.3 Å². The molecule has 0 fully saturated rings. The minimum absolute atomic E-state index is 0.122. The van der Waals surface area contributed by atoms with Gasteiger partial charge >= 0.3 is 6.18 Å². The van der Waals surface area contributed by atoms with Gasteiger partial charge in [0.25, 0.3) is 0 Å². The Labute approximate surface area is 234 Å². The average Bonchev–Trinajstić information content (AvgIpc) is 3.24. The first-order chi connectivity index (χ1) is 19.3. The highest BCUT2D eigenvalue weighted by Gasteiger charge is 2.38. The molecule has 218 valence electrons. The first kappa shape index (κ1) is 29.0. The molecule has 1 aromatic heterocycles. The number of alkyl halides is 3. The Hall–Kier alpha value is -3.52. The molecule has 0 saturated heterocycles.